The number of pyridine rings is 1. The average molecular weight is 304 g/mol. The van der Waals surface area contributed by atoms with Crippen LogP contribution in [0.15, 0.2) is 24.4 Å². The van der Waals surface area contributed by atoms with Gasteiger partial charge >= 0.3 is 5.97 Å². The summed E-state index contributed by atoms with van der Waals surface area (Å²) in [5, 5.41) is 12.9. The van der Waals surface area contributed by atoms with Gasteiger partial charge in [0.25, 0.3) is 0 Å². The van der Waals surface area contributed by atoms with E-state index in [1.807, 2.05) is 25.1 Å². The van der Waals surface area contributed by atoms with Crippen molar-refractivity contribution in [3.63, 3.8) is 0 Å². The highest BCUT2D eigenvalue weighted by atomic mass is 16.5. The lowest BCUT2D eigenvalue weighted by atomic mass is 10.1. The number of aliphatic hydroxyl groups excluding tert-OH is 1. The standard InChI is InChI=1S/C16H20N2O4/c1-3-21-11-5-6-12-14(9-11)18-10-13(16(20)22-4-2)15(12)17-7-8-19/h5-6,9-10,19H,3-4,7-8H2,1-2H3,(H,17,18). The molecule has 6 heteroatoms. The average Bonchev–Trinajstić information content (AvgIpc) is 2.52. The van der Waals surface area contributed by atoms with Crippen LogP contribution in [-0.4, -0.2) is 42.4 Å². The molecule has 0 aliphatic rings. The molecule has 0 unspecified atom stereocenters. The van der Waals surface area contributed by atoms with Gasteiger partial charge < -0.3 is 19.9 Å². The summed E-state index contributed by atoms with van der Waals surface area (Å²) in [4.78, 5) is 16.4. The van der Waals surface area contributed by atoms with Gasteiger partial charge in [0.1, 0.15) is 11.3 Å². The Labute approximate surface area is 129 Å². The number of anilines is 1. The lowest BCUT2D eigenvalue weighted by Gasteiger charge is -2.14. The van der Waals surface area contributed by atoms with Gasteiger partial charge in [-0.3, -0.25) is 4.98 Å². The van der Waals surface area contributed by atoms with E-state index in [4.69, 9.17) is 14.6 Å². The first-order chi connectivity index (χ1) is 10.7. The molecule has 0 amide bonds. The summed E-state index contributed by atoms with van der Waals surface area (Å²) >= 11 is 0. The summed E-state index contributed by atoms with van der Waals surface area (Å²) in [7, 11) is 0. The van der Waals surface area contributed by atoms with Gasteiger partial charge in [-0.25, -0.2) is 4.79 Å². The molecule has 2 rings (SSSR count). The third-order valence-corrected chi connectivity index (χ3v) is 3.06. The molecular formula is C16H20N2O4. The maximum Gasteiger partial charge on any atom is 0.341 e. The number of carbonyl (C=O) groups excluding carboxylic acids is 1. The molecule has 1 aromatic carbocycles. The van der Waals surface area contributed by atoms with E-state index in [0.29, 0.717) is 36.5 Å². The molecule has 0 aliphatic carbocycles. The van der Waals surface area contributed by atoms with E-state index < -0.39 is 5.97 Å². The van der Waals surface area contributed by atoms with Crippen LogP contribution in [0.25, 0.3) is 10.9 Å². The Kier molecular flexibility index (Phi) is 5.55. The molecule has 0 aliphatic heterocycles. The van der Waals surface area contributed by atoms with Crippen molar-refractivity contribution < 1.29 is 19.4 Å². The third-order valence-electron chi connectivity index (χ3n) is 3.06. The number of esters is 1. The van der Waals surface area contributed by atoms with Gasteiger partial charge in [-0.1, -0.05) is 0 Å². The molecule has 6 nitrogen and oxygen atoms in total. The molecule has 0 fully saturated rings. The summed E-state index contributed by atoms with van der Waals surface area (Å²) < 4.78 is 10.5. The van der Waals surface area contributed by atoms with Gasteiger partial charge in [0, 0.05) is 24.2 Å². The Morgan fingerprint density at radius 2 is 2.14 bits per heavy atom. The van der Waals surface area contributed by atoms with Crippen molar-refractivity contribution in [2.24, 2.45) is 0 Å². The van der Waals surface area contributed by atoms with Crippen LogP contribution in [0.4, 0.5) is 5.69 Å². The number of rotatable bonds is 7. The number of nitrogens with one attached hydrogen (secondary N) is 1. The zero-order valence-corrected chi connectivity index (χ0v) is 12.8. The molecular weight excluding hydrogens is 284 g/mol. The van der Waals surface area contributed by atoms with Crippen molar-refractivity contribution in [1.82, 2.24) is 4.98 Å². The Bertz CT molecular complexity index is 658. The summed E-state index contributed by atoms with van der Waals surface area (Å²) in [5.41, 5.74) is 1.67. The molecule has 0 atom stereocenters. The lowest BCUT2D eigenvalue weighted by Crippen LogP contribution is -2.13. The number of ether oxygens (including phenoxy) is 2. The van der Waals surface area contributed by atoms with E-state index in [1.54, 1.807) is 6.92 Å². The van der Waals surface area contributed by atoms with E-state index in [0.717, 1.165) is 11.1 Å². The molecule has 0 saturated carbocycles. The number of fused-ring (bicyclic) bond motifs is 1. The highest BCUT2D eigenvalue weighted by molar-refractivity contribution is 6.05. The van der Waals surface area contributed by atoms with E-state index >= 15 is 0 Å². The predicted molar refractivity (Wildman–Crippen MR) is 84.4 cm³/mol. The van der Waals surface area contributed by atoms with Crippen molar-refractivity contribution in [2.75, 3.05) is 31.7 Å². The minimum atomic E-state index is -0.439. The highest BCUT2D eigenvalue weighted by Gasteiger charge is 2.16. The maximum atomic E-state index is 12.1. The van der Waals surface area contributed by atoms with Crippen LogP contribution in [0.5, 0.6) is 5.75 Å². The molecule has 1 aromatic heterocycles. The summed E-state index contributed by atoms with van der Waals surface area (Å²) in [5.74, 6) is 0.283. The molecule has 118 valence electrons. The highest BCUT2D eigenvalue weighted by Crippen LogP contribution is 2.29. The topological polar surface area (TPSA) is 80.7 Å². The van der Waals surface area contributed by atoms with Gasteiger partial charge in [0.2, 0.25) is 0 Å². The Morgan fingerprint density at radius 1 is 1.32 bits per heavy atom. The van der Waals surface area contributed by atoms with Crippen LogP contribution >= 0.6 is 0 Å². The van der Waals surface area contributed by atoms with Crippen molar-refractivity contribution in [2.45, 2.75) is 13.8 Å². The molecule has 1 heterocycles. The van der Waals surface area contributed by atoms with Gasteiger partial charge in [0.15, 0.2) is 0 Å². The normalized spacial score (nSPS) is 10.5. The fourth-order valence-corrected chi connectivity index (χ4v) is 2.16. The molecule has 0 radical (unpaired) electrons. The second-order valence-corrected chi connectivity index (χ2v) is 4.53. The lowest BCUT2D eigenvalue weighted by molar-refractivity contribution is 0.0527. The molecule has 0 bridgehead atoms. The van der Waals surface area contributed by atoms with E-state index in [2.05, 4.69) is 10.3 Å². The first kappa shape index (κ1) is 16.0. The fourth-order valence-electron chi connectivity index (χ4n) is 2.16. The summed E-state index contributed by atoms with van der Waals surface area (Å²) in [6.07, 6.45) is 1.48. The summed E-state index contributed by atoms with van der Waals surface area (Å²) in [6.45, 7) is 4.82. The molecule has 2 N–H and O–H groups in total. The zero-order chi connectivity index (χ0) is 15.9. The van der Waals surface area contributed by atoms with Crippen molar-refractivity contribution >= 4 is 22.6 Å². The van der Waals surface area contributed by atoms with Crippen LogP contribution in [0.3, 0.4) is 0 Å². The molecule has 0 spiro atoms. The number of hydrogen-bond acceptors (Lipinski definition) is 6. The predicted octanol–water partition coefficient (Wildman–Crippen LogP) is 2.21. The molecule has 2 aromatic rings. The number of carbonyl (C=O) groups is 1. The number of hydrogen-bond donors (Lipinski definition) is 2. The minimum absolute atomic E-state index is 0.0386. The second kappa shape index (κ2) is 7.61. The Morgan fingerprint density at radius 3 is 2.82 bits per heavy atom. The van der Waals surface area contributed by atoms with Gasteiger partial charge in [-0.05, 0) is 26.0 Å². The van der Waals surface area contributed by atoms with Crippen molar-refractivity contribution in [1.29, 1.82) is 0 Å². The zero-order valence-electron chi connectivity index (χ0n) is 12.8. The van der Waals surface area contributed by atoms with Gasteiger partial charge in [-0.15, -0.1) is 0 Å². The third kappa shape index (κ3) is 3.46. The van der Waals surface area contributed by atoms with Crippen LogP contribution in [0.1, 0.15) is 24.2 Å². The second-order valence-electron chi connectivity index (χ2n) is 4.53. The first-order valence-corrected chi connectivity index (χ1v) is 7.28. The van der Waals surface area contributed by atoms with E-state index in [9.17, 15) is 4.79 Å². The quantitative estimate of drug-likeness (QED) is 0.763. The number of nitrogens with zero attached hydrogens (tertiary/aromatic N) is 1. The fraction of sp³-hybridized carbons (Fsp3) is 0.375. The molecule has 0 saturated heterocycles. The number of aliphatic hydroxyl groups is 1. The minimum Gasteiger partial charge on any atom is -0.494 e. The first-order valence-electron chi connectivity index (χ1n) is 7.28. The Hall–Kier alpha value is -2.34. The Balaban J connectivity index is 2.51. The van der Waals surface area contributed by atoms with Gasteiger partial charge in [-0.2, -0.15) is 0 Å². The maximum absolute atomic E-state index is 12.1. The monoisotopic (exact) mass is 304 g/mol. The van der Waals surface area contributed by atoms with Crippen LogP contribution in [-0.2, 0) is 4.74 Å². The van der Waals surface area contributed by atoms with Crippen molar-refractivity contribution in [3.8, 4) is 5.75 Å². The van der Waals surface area contributed by atoms with E-state index in [1.165, 1.54) is 6.20 Å². The van der Waals surface area contributed by atoms with E-state index in [-0.39, 0.29) is 6.61 Å². The van der Waals surface area contributed by atoms with Crippen molar-refractivity contribution in [3.05, 3.63) is 30.0 Å². The smallest absolute Gasteiger partial charge is 0.341 e. The number of aromatic nitrogens is 1. The SMILES string of the molecule is CCOC(=O)c1cnc2cc(OCC)ccc2c1NCCO. The summed E-state index contributed by atoms with van der Waals surface area (Å²) in [6, 6.07) is 5.49. The van der Waals surface area contributed by atoms with Gasteiger partial charge in [0.05, 0.1) is 31.0 Å². The van der Waals surface area contributed by atoms with Crippen LogP contribution < -0.4 is 10.1 Å². The largest absolute Gasteiger partial charge is 0.494 e. The number of benzene rings is 1. The van der Waals surface area contributed by atoms with Crippen LogP contribution in [0, 0.1) is 0 Å². The molecule has 22 heavy (non-hydrogen) atoms. The van der Waals surface area contributed by atoms with Crippen LogP contribution in [0.2, 0.25) is 0 Å².